The van der Waals surface area contributed by atoms with E-state index in [1.54, 1.807) is 12.2 Å². The molecule has 1 aromatic rings. The van der Waals surface area contributed by atoms with E-state index in [1.165, 1.54) is 5.56 Å². The van der Waals surface area contributed by atoms with E-state index in [-0.39, 0.29) is 5.78 Å². The average Bonchev–Trinajstić information content (AvgIpc) is 2.17. The number of hydrogen-bond donors (Lipinski definition) is 1. The predicted molar refractivity (Wildman–Crippen MR) is 59.5 cm³/mol. The molecule has 0 aromatic heterocycles. The van der Waals surface area contributed by atoms with Gasteiger partial charge in [-0.2, -0.15) is 0 Å². The van der Waals surface area contributed by atoms with Crippen LogP contribution in [0.3, 0.4) is 0 Å². The molecule has 0 saturated heterocycles. The summed E-state index contributed by atoms with van der Waals surface area (Å²) in [7, 11) is 0. The SMILES string of the molecule is CC=CC(=O)CNc1ccc(C)cc1. The largest absolute Gasteiger partial charge is 0.378 e. The van der Waals surface area contributed by atoms with Gasteiger partial charge in [-0.3, -0.25) is 4.79 Å². The molecule has 2 nitrogen and oxygen atoms in total. The second kappa shape index (κ2) is 5.22. The maximum Gasteiger partial charge on any atom is 0.174 e. The molecular formula is C12H15NO. The van der Waals surface area contributed by atoms with Crippen LogP contribution in [-0.2, 0) is 4.79 Å². The number of carbonyl (C=O) groups excluding carboxylic acids is 1. The van der Waals surface area contributed by atoms with Gasteiger partial charge in [0, 0.05) is 5.69 Å². The Balaban J connectivity index is 2.46. The minimum absolute atomic E-state index is 0.0908. The molecule has 0 aliphatic heterocycles. The van der Waals surface area contributed by atoms with Gasteiger partial charge in [-0.25, -0.2) is 0 Å². The van der Waals surface area contributed by atoms with Gasteiger partial charge in [0.05, 0.1) is 6.54 Å². The molecular weight excluding hydrogens is 174 g/mol. The van der Waals surface area contributed by atoms with Crippen LogP contribution >= 0.6 is 0 Å². The smallest absolute Gasteiger partial charge is 0.174 e. The van der Waals surface area contributed by atoms with Crippen LogP contribution in [0.4, 0.5) is 5.69 Å². The first-order chi connectivity index (χ1) is 6.72. The van der Waals surface area contributed by atoms with E-state index in [0.717, 1.165) is 5.69 Å². The van der Waals surface area contributed by atoms with Crippen LogP contribution in [0.2, 0.25) is 0 Å². The van der Waals surface area contributed by atoms with Crippen molar-refractivity contribution in [3.8, 4) is 0 Å². The molecule has 0 atom stereocenters. The normalized spacial score (nSPS) is 10.4. The first kappa shape index (κ1) is 10.5. The molecule has 14 heavy (non-hydrogen) atoms. The van der Waals surface area contributed by atoms with Crippen LogP contribution in [-0.4, -0.2) is 12.3 Å². The van der Waals surface area contributed by atoms with Crippen LogP contribution in [0.25, 0.3) is 0 Å². The van der Waals surface area contributed by atoms with E-state index in [9.17, 15) is 4.79 Å². The van der Waals surface area contributed by atoms with Crippen molar-refractivity contribution < 1.29 is 4.79 Å². The standard InChI is InChI=1S/C12H15NO/c1-3-4-12(14)9-13-11-7-5-10(2)6-8-11/h3-8,13H,9H2,1-2H3. The fraction of sp³-hybridized carbons (Fsp3) is 0.250. The van der Waals surface area contributed by atoms with Crippen LogP contribution < -0.4 is 5.32 Å². The third-order valence-electron chi connectivity index (χ3n) is 1.87. The lowest BCUT2D eigenvalue weighted by atomic mass is 10.2. The number of rotatable bonds is 4. The highest BCUT2D eigenvalue weighted by Crippen LogP contribution is 2.07. The molecule has 74 valence electrons. The van der Waals surface area contributed by atoms with Gasteiger partial charge in [0.1, 0.15) is 0 Å². The Morgan fingerprint density at radius 3 is 2.57 bits per heavy atom. The number of allylic oxidation sites excluding steroid dienone is 1. The van der Waals surface area contributed by atoms with Gasteiger partial charge >= 0.3 is 0 Å². The molecule has 0 amide bonds. The molecule has 0 heterocycles. The Morgan fingerprint density at radius 1 is 1.36 bits per heavy atom. The molecule has 1 aromatic carbocycles. The van der Waals surface area contributed by atoms with E-state index in [2.05, 4.69) is 5.32 Å². The number of hydrogen-bond acceptors (Lipinski definition) is 2. The summed E-state index contributed by atoms with van der Waals surface area (Å²) in [6.07, 6.45) is 3.32. The summed E-state index contributed by atoms with van der Waals surface area (Å²) in [5.41, 5.74) is 2.20. The lowest BCUT2D eigenvalue weighted by molar-refractivity contribution is -0.113. The minimum atomic E-state index is 0.0908. The maximum absolute atomic E-state index is 11.1. The van der Waals surface area contributed by atoms with E-state index in [1.807, 2.05) is 38.1 Å². The van der Waals surface area contributed by atoms with E-state index >= 15 is 0 Å². The van der Waals surface area contributed by atoms with E-state index < -0.39 is 0 Å². The maximum atomic E-state index is 11.1. The van der Waals surface area contributed by atoms with Crippen LogP contribution in [0.15, 0.2) is 36.4 Å². The van der Waals surface area contributed by atoms with Crippen LogP contribution in [0.1, 0.15) is 12.5 Å². The van der Waals surface area contributed by atoms with Crippen molar-refractivity contribution in [2.45, 2.75) is 13.8 Å². The number of benzene rings is 1. The first-order valence-corrected chi connectivity index (χ1v) is 4.68. The van der Waals surface area contributed by atoms with Crippen molar-refractivity contribution in [2.75, 3.05) is 11.9 Å². The molecule has 0 fully saturated rings. The summed E-state index contributed by atoms with van der Waals surface area (Å²) >= 11 is 0. The Morgan fingerprint density at radius 2 is 2.00 bits per heavy atom. The van der Waals surface area contributed by atoms with Gasteiger partial charge in [-0.1, -0.05) is 23.8 Å². The average molecular weight is 189 g/mol. The lowest BCUT2D eigenvalue weighted by Gasteiger charge is -2.03. The number of anilines is 1. The third-order valence-corrected chi connectivity index (χ3v) is 1.87. The van der Waals surface area contributed by atoms with Crippen molar-refractivity contribution in [3.63, 3.8) is 0 Å². The van der Waals surface area contributed by atoms with Gasteiger partial charge in [0.25, 0.3) is 0 Å². The zero-order valence-electron chi connectivity index (χ0n) is 8.58. The van der Waals surface area contributed by atoms with Gasteiger partial charge in [-0.05, 0) is 32.1 Å². The molecule has 0 spiro atoms. The van der Waals surface area contributed by atoms with Gasteiger partial charge in [0.2, 0.25) is 0 Å². The van der Waals surface area contributed by atoms with E-state index in [0.29, 0.717) is 6.54 Å². The highest BCUT2D eigenvalue weighted by molar-refractivity contribution is 5.92. The van der Waals surface area contributed by atoms with Crippen LogP contribution in [0.5, 0.6) is 0 Å². The van der Waals surface area contributed by atoms with Crippen molar-refractivity contribution >= 4 is 11.5 Å². The minimum Gasteiger partial charge on any atom is -0.378 e. The second-order valence-corrected chi connectivity index (χ2v) is 3.19. The molecule has 1 rings (SSSR count). The monoisotopic (exact) mass is 189 g/mol. The topological polar surface area (TPSA) is 29.1 Å². The van der Waals surface area contributed by atoms with Crippen molar-refractivity contribution in [3.05, 3.63) is 42.0 Å². The third kappa shape index (κ3) is 3.44. The highest BCUT2D eigenvalue weighted by atomic mass is 16.1. The van der Waals surface area contributed by atoms with Crippen molar-refractivity contribution in [2.24, 2.45) is 0 Å². The van der Waals surface area contributed by atoms with Crippen molar-refractivity contribution in [1.82, 2.24) is 0 Å². The highest BCUT2D eigenvalue weighted by Gasteiger charge is 1.95. The molecule has 2 heteroatoms. The van der Waals surface area contributed by atoms with Gasteiger partial charge in [-0.15, -0.1) is 0 Å². The predicted octanol–water partition coefficient (Wildman–Crippen LogP) is 2.55. The Hall–Kier alpha value is -1.57. The molecule has 1 N–H and O–H groups in total. The summed E-state index contributed by atoms with van der Waals surface area (Å²) in [5, 5.41) is 3.06. The Bertz CT molecular complexity index is 325. The summed E-state index contributed by atoms with van der Waals surface area (Å²) in [6.45, 7) is 4.23. The Labute approximate surface area is 84.6 Å². The first-order valence-electron chi connectivity index (χ1n) is 4.68. The second-order valence-electron chi connectivity index (χ2n) is 3.19. The quantitative estimate of drug-likeness (QED) is 0.737. The molecule has 0 saturated carbocycles. The molecule has 0 bridgehead atoms. The fourth-order valence-electron chi connectivity index (χ4n) is 1.11. The zero-order valence-corrected chi connectivity index (χ0v) is 8.58. The number of aryl methyl sites for hydroxylation is 1. The molecule has 0 unspecified atom stereocenters. The summed E-state index contributed by atoms with van der Waals surface area (Å²) in [4.78, 5) is 11.1. The number of nitrogens with one attached hydrogen (secondary N) is 1. The molecule has 0 radical (unpaired) electrons. The zero-order chi connectivity index (χ0) is 10.4. The van der Waals surface area contributed by atoms with Gasteiger partial charge < -0.3 is 5.32 Å². The summed E-state index contributed by atoms with van der Waals surface area (Å²) in [5.74, 6) is 0.0908. The molecule has 0 aliphatic carbocycles. The van der Waals surface area contributed by atoms with Crippen molar-refractivity contribution in [1.29, 1.82) is 0 Å². The molecule has 0 aliphatic rings. The van der Waals surface area contributed by atoms with E-state index in [4.69, 9.17) is 0 Å². The van der Waals surface area contributed by atoms with Crippen LogP contribution in [0, 0.1) is 6.92 Å². The fourth-order valence-corrected chi connectivity index (χ4v) is 1.11. The lowest BCUT2D eigenvalue weighted by Crippen LogP contribution is -2.10. The summed E-state index contributed by atoms with van der Waals surface area (Å²) in [6, 6.07) is 7.97. The number of ketones is 1. The summed E-state index contributed by atoms with van der Waals surface area (Å²) < 4.78 is 0. The van der Waals surface area contributed by atoms with Gasteiger partial charge in [0.15, 0.2) is 5.78 Å². The Kier molecular flexibility index (Phi) is 3.92. The number of carbonyl (C=O) groups is 1.